The third-order valence-electron chi connectivity index (χ3n) is 3.39. The Morgan fingerprint density at radius 2 is 1.42 bits per heavy atom. The van der Waals surface area contributed by atoms with Gasteiger partial charge < -0.3 is 0 Å². The summed E-state index contributed by atoms with van der Waals surface area (Å²) < 4.78 is 0. The first-order valence-corrected chi connectivity index (χ1v) is 4.83. The normalized spacial score (nSPS) is 30.5. The summed E-state index contributed by atoms with van der Waals surface area (Å²) in [5.74, 6) is 0.617. The van der Waals surface area contributed by atoms with E-state index in [1.54, 1.807) is 0 Å². The van der Waals surface area contributed by atoms with E-state index in [-0.39, 0.29) is 0 Å². The standard InChI is InChI=1S/C11H22N/c1-9-7-10(2,3)12(6)11(4,5)8-9/h9H,1,7-8H2,2-6H3. The highest BCUT2D eigenvalue weighted by Gasteiger charge is 2.41. The summed E-state index contributed by atoms with van der Waals surface area (Å²) in [6, 6.07) is 0. The van der Waals surface area contributed by atoms with Crippen LogP contribution in [0.3, 0.4) is 0 Å². The molecule has 0 atom stereocenters. The van der Waals surface area contributed by atoms with Crippen LogP contribution < -0.4 is 0 Å². The number of hydrogen-bond donors (Lipinski definition) is 0. The first-order chi connectivity index (χ1) is 5.26. The second kappa shape index (κ2) is 2.73. The summed E-state index contributed by atoms with van der Waals surface area (Å²) in [6.07, 6.45) is 2.43. The summed E-state index contributed by atoms with van der Waals surface area (Å²) in [7, 11) is 2.23. The third-order valence-corrected chi connectivity index (χ3v) is 3.39. The van der Waals surface area contributed by atoms with Crippen molar-refractivity contribution < 1.29 is 0 Å². The van der Waals surface area contributed by atoms with Crippen molar-refractivity contribution in [3.63, 3.8) is 0 Å². The molecule has 0 aliphatic carbocycles. The summed E-state index contributed by atoms with van der Waals surface area (Å²) in [5.41, 5.74) is 0.627. The summed E-state index contributed by atoms with van der Waals surface area (Å²) in [4.78, 5) is 2.49. The highest BCUT2D eigenvalue weighted by Crippen LogP contribution is 2.39. The van der Waals surface area contributed by atoms with Crippen LogP contribution in [-0.2, 0) is 0 Å². The van der Waals surface area contributed by atoms with E-state index in [0.29, 0.717) is 17.0 Å². The SMILES string of the molecule is [CH2]C1CC(C)(C)N(C)C(C)(C)C1. The van der Waals surface area contributed by atoms with E-state index in [9.17, 15) is 0 Å². The fourth-order valence-corrected chi connectivity index (χ4v) is 2.58. The van der Waals surface area contributed by atoms with E-state index in [1.807, 2.05) is 0 Å². The van der Waals surface area contributed by atoms with Gasteiger partial charge in [-0.05, 0) is 53.5 Å². The Kier molecular flexibility index (Phi) is 2.28. The molecule has 12 heavy (non-hydrogen) atoms. The summed E-state index contributed by atoms with van der Waals surface area (Å²) in [5, 5.41) is 0. The van der Waals surface area contributed by atoms with Crippen molar-refractivity contribution in [2.24, 2.45) is 5.92 Å². The monoisotopic (exact) mass is 168 g/mol. The molecule has 1 radical (unpaired) electrons. The largest absolute Gasteiger partial charge is 0.296 e. The second-order valence-electron chi connectivity index (χ2n) is 5.46. The van der Waals surface area contributed by atoms with Gasteiger partial charge >= 0.3 is 0 Å². The van der Waals surface area contributed by atoms with Gasteiger partial charge in [-0.25, -0.2) is 0 Å². The molecule has 0 N–H and O–H groups in total. The van der Waals surface area contributed by atoms with Gasteiger partial charge in [0.2, 0.25) is 0 Å². The lowest BCUT2D eigenvalue weighted by Gasteiger charge is -2.53. The minimum absolute atomic E-state index is 0.314. The Morgan fingerprint density at radius 1 is 1.08 bits per heavy atom. The molecule has 0 bridgehead atoms. The van der Waals surface area contributed by atoms with Gasteiger partial charge in [-0.2, -0.15) is 0 Å². The topological polar surface area (TPSA) is 3.24 Å². The minimum atomic E-state index is 0.314. The van der Waals surface area contributed by atoms with Crippen molar-refractivity contribution in [1.82, 2.24) is 4.90 Å². The highest BCUT2D eigenvalue weighted by atomic mass is 15.2. The molecule has 0 amide bonds. The Balaban J connectivity index is 2.84. The second-order valence-corrected chi connectivity index (χ2v) is 5.46. The van der Waals surface area contributed by atoms with Crippen LogP contribution in [0.15, 0.2) is 0 Å². The smallest absolute Gasteiger partial charge is 0.0158 e. The number of nitrogens with zero attached hydrogens (tertiary/aromatic N) is 1. The molecule has 71 valence electrons. The maximum absolute atomic E-state index is 4.20. The van der Waals surface area contributed by atoms with Crippen molar-refractivity contribution in [2.45, 2.75) is 51.6 Å². The molecule has 1 rings (SSSR count). The molecule has 1 fully saturated rings. The molecule has 0 aromatic rings. The number of rotatable bonds is 0. The van der Waals surface area contributed by atoms with Crippen molar-refractivity contribution in [3.05, 3.63) is 6.92 Å². The van der Waals surface area contributed by atoms with Crippen LogP contribution in [-0.4, -0.2) is 23.0 Å². The van der Waals surface area contributed by atoms with Crippen LogP contribution in [0.25, 0.3) is 0 Å². The molecule has 1 saturated heterocycles. The van der Waals surface area contributed by atoms with Gasteiger partial charge in [0.25, 0.3) is 0 Å². The minimum Gasteiger partial charge on any atom is -0.296 e. The van der Waals surface area contributed by atoms with E-state index >= 15 is 0 Å². The quantitative estimate of drug-likeness (QED) is 0.537. The summed E-state index contributed by atoms with van der Waals surface area (Å²) >= 11 is 0. The molecule has 0 spiro atoms. The average molecular weight is 168 g/mol. The van der Waals surface area contributed by atoms with Crippen molar-refractivity contribution in [3.8, 4) is 0 Å². The molecular weight excluding hydrogens is 146 g/mol. The molecule has 1 aliphatic rings. The predicted molar refractivity (Wildman–Crippen MR) is 54.0 cm³/mol. The van der Waals surface area contributed by atoms with Gasteiger partial charge in [-0.3, -0.25) is 4.90 Å². The number of piperidine rings is 1. The zero-order valence-electron chi connectivity index (χ0n) is 9.15. The van der Waals surface area contributed by atoms with E-state index < -0.39 is 0 Å². The fraction of sp³-hybridized carbons (Fsp3) is 0.909. The van der Waals surface area contributed by atoms with E-state index in [0.717, 1.165) is 0 Å². The number of likely N-dealkylation sites (tertiary alicyclic amines) is 1. The number of hydrogen-bond acceptors (Lipinski definition) is 1. The Morgan fingerprint density at radius 3 is 1.75 bits per heavy atom. The van der Waals surface area contributed by atoms with Gasteiger partial charge in [0.1, 0.15) is 0 Å². The van der Waals surface area contributed by atoms with Crippen LogP contribution >= 0.6 is 0 Å². The van der Waals surface area contributed by atoms with E-state index in [4.69, 9.17) is 0 Å². The third kappa shape index (κ3) is 1.66. The maximum atomic E-state index is 4.20. The van der Waals surface area contributed by atoms with Crippen molar-refractivity contribution in [1.29, 1.82) is 0 Å². The highest BCUT2D eigenvalue weighted by molar-refractivity contribution is 4.98. The van der Waals surface area contributed by atoms with Crippen LogP contribution in [0.2, 0.25) is 0 Å². The van der Waals surface area contributed by atoms with Crippen molar-refractivity contribution >= 4 is 0 Å². The zero-order chi connectivity index (χ0) is 9.57. The first kappa shape index (κ1) is 10.0. The van der Waals surface area contributed by atoms with Gasteiger partial charge in [-0.15, -0.1) is 0 Å². The van der Waals surface area contributed by atoms with E-state index in [2.05, 4.69) is 46.6 Å². The zero-order valence-corrected chi connectivity index (χ0v) is 9.15. The molecule has 1 heterocycles. The molecule has 0 aromatic heterocycles. The Labute approximate surface area is 77.1 Å². The molecular formula is C11H22N. The summed E-state index contributed by atoms with van der Waals surface area (Å²) in [6.45, 7) is 13.4. The van der Waals surface area contributed by atoms with Crippen LogP contribution in [0.5, 0.6) is 0 Å². The molecule has 1 nitrogen and oxygen atoms in total. The lowest BCUT2D eigenvalue weighted by Crippen LogP contribution is -2.58. The lowest BCUT2D eigenvalue weighted by atomic mass is 9.75. The molecule has 0 unspecified atom stereocenters. The first-order valence-electron chi connectivity index (χ1n) is 4.83. The molecule has 1 heteroatoms. The van der Waals surface area contributed by atoms with Crippen LogP contribution in [0.4, 0.5) is 0 Å². The molecule has 1 aliphatic heterocycles. The molecule has 0 saturated carbocycles. The fourth-order valence-electron chi connectivity index (χ4n) is 2.58. The van der Waals surface area contributed by atoms with Gasteiger partial charge in [0.15, 0.2) is 0 Å². The van der Waals surface area contributed by atoms with Gasteiger partial charge in [0, 0.05) is 11.1 Å². The average Bonchev–Trinajstić information content (AvgIpc) is 1.80. The Bertz CT molecular complexity index is 152. The van der Waals surface area contributed by atoms with Crippen LogP contribution in [0.1, 0.15) is 40.5 Å². The van der Waals surface area contributed by atoms with Crippen LogP contribution in [0, 0.1) is 12.8 Å². The van der Waals surface area contributed by atoms with E-state index in [1.165, 1.54) is 12.8 Å². The lowest BCUT2D eigenvalue weighted by molar-refractivity contribution is -0.0200. The van der Waals surface area contributed by atoms with Gasteiger partial charge in [-0.1, -0.05) is 6.92 Å². The van der Waals surface area contributed by atoms with Crippen molar-refractivity contribution in [2.75, 3.05) is 7.05 Å². The van der Waals surface area contributed by atoms with Gasteiger partial charge in [0.05, 0.1) is 0 Å². The molecule has 0 aromatic carbocycles. The Hall–Kier alpha value is -0.0400. The predicted octanol–water partition coefficient (Wildman–Crippen LogP) is 2.72. The maximum Gasteiger partial charge on any atom is 0.0158 e.